The van der Waals surface area contributed by atoms with Gasteiger partial charge >= 0.3 is 0 Å². The van der Waals surface area contributed by atoms with E-state index >= 15 is 0 Å². The Kier molecular flexibility index (Phi) is 4.70. The number of nitrogens with one attached hydrogen (secondary N) is 1. The molecule has 0 saturated heterocycles. The van der Waals surface area contributed by atoms with Crippen LogP contribution in [-0.2, 0) is 18.5 Å². The summed E-state index contributed by atoms with van der Waals surface area (Å²) >= 11 is 1.58. The summed E-state index contributed by atoms with van der Waals surface area (Å²) < 4.78 is 1.70. The third-order valence-corrected chi connectivity index (χ3v) is 5.13. The average molecular weight is 378 g/mol. The number of aryl methyl sites for hydroxylation is 2. The van der Waals surface area contributed by atoms with Crippen molar-refractivity contribution in [3.05, 3.63) is 70.7 Å². The van der Waals surface area contributed by atoms with Crippen molar-refractivity contribution in [1.29, 1.82) is 0 Å². The Balaban J connectivity index is 1.66. The molecule has 0 aliphatic carbocycles. The lowest BCUT2D eigenvalue weighted by molar-refractivity contribution is 0.0235. The molecule has 3 heterocycles. The number of hydrogen-bond acceptors (Lipinski definition) is 5. The third-order valence-electron chi connectivity index (χ3n) is 4.23. The van der Waals surface area contributed by atoms with Crippen LogP contribution in [0.25, 0.3) is 21.6 Å². The van der Waals surface area contributed by atoms with Gasteiger partial charge in [-0.25, -0.2) is 10.5 Å². The second kappa shape index (κ2) is 7.30. The number of aromatic nitrogens is 3. The number of thiophene rings is 1. The maximum Gasteiger partial charge on any atom is 0.275 e. The van der Waals surface area contributed by atoms with Gasteiger partial charge in [0.2, 0.25) is 0 Å². The molecule has 7 heteroatoms. The summed E-state index contributed by atoms with van der Waals surface area (Å²) in [6.45, 7) is 2.17. The van der Waals surface area contributed by atoms with E-state index in [0.717, 1.165) is 27.2 Å². The minimum atomic E-state index is -0.313. The summed E-state index contributed by atoms with van der Waals surface area (Å²) in [6.07, 6.45) is 0. The fourth-order valence-corrected chi connectivity index (χ4v) is 3.67. The Morgan fingerprint density at radius 3 is 2.78 bits per heavy atom. The fourth-order valence-electron chi connectivity index (χ4n) is 2.99. The predicted molar refractivity (Wildman–Crippen MR) is 105 cm³/mol. The summed E-state index contributed by atoms with van der Waals surface area (Å²) in [7, 11) is 1.83. The van der Waals surface area contributed by atoms with Gasteiger partial charge in [-0.05, 0) is 30.0 Å². The van der Waals surface area contributed by atoms with Gasteiger partial charge in [-0.3, -0.25) is 14.3 Å². The van der Waals surface area contributed by atoms with Crippen molar-refractivity contribution in [2.75, 3.05) is 0 Å². The molecule has 0 saturated carbocycles. The molecular formula is C20H18N4O2S. The first-order valence-electron chi connectivity index (χ1n) is 8.48. The van der Waals surface area contributed by atoms with Gasteiger partial charge in [0, 0.05) is 7.05 Å². The van der Waals surface area contributed by atoms with Crippen molar-refractivity contribution in [2.24, 2.45) is 7.05 Å². The summed E-state index contributed by atoms with van der Waals surface area (Å²) in [4.78, 5) is 23.9. The molecule has 0 atom stereocenters. The molecule has 1 amide bonds. The number of rotatable bonds is 5. The van der Waals surface area contributed by atoms with E-state index in [1.165, 1.54) is 0 Å². The lowest BCUT2D eigenvalue weighted by atomic mass is 10.1. The van der Waals surface area contributed by atoms with Gasteiger partial charge in [-0.15, -0.1) is 11.3 Å². The summed E-state index contributed by atoms with van der Waals surface area (Å²) in [6, 6.07) is 15.4. The fraction of sp³-hybridized carbons (Fsp3) is 0.150. The number of nitrogens with zero attached hydrogens (tertiary/aromatic N) is 3. The standard InChI is InChI=1S/C20H18N4O2S/c1-13-18-15(20(25)23-26-12-14-7-4-3-5-8-14)11-16(17-9-6-10-27-17)21-19(18)24(2)22-13/h3-11H,12H2,1-2H3,(H,23,25). The SMILES string of the molecule is Cc1nn(C)c2nc(-c3cccs3)cc(C(=O)NOCc3ccccc3)c12. The molecule has 0 fully saturated rings. The van der Waals surface area contributed by atoms with Crippen LogP contribution in [-0.4, -0.2) is 20.7 Å². The van der Waals surface area contributed by atoms with Crippen LogP contribution in [0.2, 0.25) is 0 Å². The Bertz CT molecular complexity index is 1090. The van der Waals surface area contributed by atoms with Crippen LogP contribution in [0, 0.1) is 6.92 Å². The first kappa shape index (κ1) is 17.4. The average Bonchev–Trinajstić information content (AvgIpc) is 3.31. The highest BCUT2D eigenvalue weighted by Gasteiger charge is 2.19. The van der Waals surface area contributed by atoms with Crippen LogP contribution < -0.4 is 5.48 Å². The van der Waals surface area contributed by atoms with Gasteiger partial charge in [0.25, 0.3) is 5.91 Å². The van der Waals surface area contributed by atoms with Gasteiger partial charge in [0.15, 0.2) is 5.65 Å². The Morgan fingerprint density at radius 1 is 1.22 bits per heavy atom. The molecule has 3 aromatic heterocycles. The van der Waals surface area contributed by atoms with E-state index in [1.807, 2.05) is 61.8 Å². The molecule has 0 aliphatic rings. The largest absolute Gasteiger partial charge is 0.275 e. The Morgan fingerprint density at radius 2 is 2.04 bits per heavy atom. The zero-order valence-corrected chi connectivity index (χ0v) is 15.8. The van der Waals surface area contributed by atoms with Crippen LogP contribution in [0.3, 0.4) is 0 Å². The molecule has 4 aromatic rings. The van der Waals surface area contributed by atoms with E-state index in [2.05, 4.69) is 10.6 Å². The number of fused-ring (bicyclic) bond motifs is 1. The number of pyridine rings is 1. The van der Waals surface area contributed by atoms with Crippen LogP contribution in [0.15, 0.2) is 53.9 Å². The van der Waals surface area contributed by atoms with Crippen molar-refractivity contribution in [1.82, 2.24) is 20.2 Å². The zero-order valence-electron chi connectivity index (χ0n) is 15.0. The van der Waals surface area contributed by atoms with Crippen LogP contribution >= 0.6 is 11.3 Å². The van der Waals surface area contributed by atoms with E-state index in [4.69, 9.17) is 9.82 Å². The number of amides is 1. The topological polar surface area (TPSA) is 69.0 Å². The van der Waals surface area contributed by atoms with Crippen molar-refractivity contribution in [2.45, 2.75) is 13.5 Å². The molecule has 0 aliphatic heterocycles. The van der Waals surface area contributed by atoms with Crippen molar-refractivity contribution in [3.8, 4) is 10.6 Å². The number of carbonyl (C=O) groups excluding carboxylic acids is 1. The third kappa shape index (κ3) is 3.47. The van der Waals surface area contributed by atoms with E-state index in [-0.39, 0.29) is 5.91 Å². The highest BCUT2D eigenvalue weighted by atomic mass is 32.1. The molecule has 1 aromatic carbocycles. The minimum absolute atomic E-state index is 0.296. The number of carbonyl (C=O) groups is 1. The van der Waals surface area contributed by atoms with E-state index in [9.17, 15) is 4.79 Å². The molecule has 27 heavy (non-hydrogen) atoms. The van der Waals surface area contributed by atoms with E-state index < -0.39 is 0 Å². The van der Waals surface area contributed by atoms with Gasteiger partial charge in [0.1, 0.15) is 0 Å². The Labute approximate surface area is 160 Å². The van der Waals surface area contributed by atoms with Gasteiger partial charge in [-0.1, -0.05) is 36.4 Å². The smallest absolute Gasteiger partial charge is 0.269 e. The molecule has 4 rings (SSSR count). The summed E-state index contributed by atoms with van der Waals surface area (Å²) in [5.74, 6) is -0.313. The first-order valence-corrected chi connectivity index (χ1v) is 9.35. The lowest BCUT2D eigenvalue weighted by Gasteiger charge is -2.09. The van der Waals surface area contributed by atoms with E-state index in [1.54, 1.807) is 22.1 Å². The number of hydroxylamine groups is 1. The molecule has 0 spiro atoms. The second-order valence-electron chi connectivity index (χ2n) is 6.15. The first-order chi connectivity index (χ1) is 13.1. The van der Waals surface area contributed by atoms with Crippen molar-refractivity contribution >= 4 is 28.3 Å². The van der Waals surface area contributed by atoms with Gasteiger partial charge in [0.05, 0.1) is 33.8 Å². The van der Waals surface area contributed by atoms with Gasteiger partial charge < -0.3 is 0 Å². The summed E-state index contributed by atoms with van der Waals surface area (Å²) in [5, 5.41) is 7.14. The quantitative estimate of drug-likeness (QED) is 0.535. The molecule has 0 bridgehead atoms. The molecule has 1 N–H and O–H groups in total. The van der Waals surface area contributed by atoms with Gasteiger partial charge in [-0.2, -0.15) is 5.10 Å². The van der Waals surface area contributed by atoms with Crippen LogP contribution in [0.4, 0.5) is 0 Å². The highest BCUT2D eigenvalue weighted by Crippen LogP contribution is 2.29. The van der Waals surface area contributed by atoms with Crippen LogP contribution in [0.1, 0.15) is 21.6 Å². The maximum atomic E-state index is 12.8. The number of hydrogen-bond donors (Lipinski definition) is 1. The normalized spacial score (nSPS) is 11.0. The maximum absolute atomic E-state index is 12.8. The summed E-state index contributed by atoms with van der Waals surface area (Å²) in [5.41, 5.74) is 6.20. The van der Waals surface area contributed by atoms with E-state index in [0.29, 0.717) is 17.8 Å². The second-order valence-corrected chi connectivity index (χ2v) is 7.09. The van der Waals surface area contributed by atoms with Crippen molar-refractivity contribution in [3.63, 3.8) is 0 Å². The van der Waals surface area contributed by atoms with Crippen molar-refractivity contribution < 1.29 is 9.63 Å². The molecular weight excluding hydrogens is 360 g/mol. The van der Waals surface area contributed by atoms with Crippen LogP contribution in [0.5, 0.6) is 0 Å². The molecule has 6 nitrogen and oxygen atoms in total. The minimum Gasteiger partial charge on any atom is -0.269 e. The monoisotopic (exact) mass is 378 g/mol. The highest BCUT2D eigenvalue weighted by molar-refractivity contribution is 7.13. The Hall–Kier alpha value is -3.03. The molecule has 0 unspecified atom stereocenters. The molecule has 0 radical (unpaired) electrons. The predicted octanol–water partition coefficient (Wildman–Crippen LogP) is 3.87. The lowest BCUT2D eigenvalue weighted by Crippen LogP contribution is -2.24. The zero-order chi connectivity index (χ0) is 18.8. The number of benzene rings is 1. The molecule has 136 valence electrons.